The van der Waals surface area contributed by atoms with Crippen molar-refractivity contribution in [1.82, 2.24) is 4.98 Å². The molecule has 0 unspecified atom stereocenters. The van der Waals surface area contributed by atoms with E-state index in [-0.39, 0.29) is 29.9 Å². The van der Waals surface area contributed by atoms with Crippen LogP contribution >= 0.6 is 0 Å². The van der Waals surface area contributed by atoms with Crippen LogP contribution in [-0.2, 0) is 4.79 Å². The van der Waals surface area contributed by atoms with E-state index in [0.717, 1.165) is 6.08 Å². The van der Waals surface area contributed by atoms with E-state index < -0.39 is 5.97 Å². The van der Waals surface area contributed by atoms with Gasteiger partial charge in [0.2, 0.25) is 0 Å². The van der Waals surface area contributed by atoms with Crippen molar-refractivity contribution >= 4 is 22.9 Å². The van der Waals surface area contributed by atoms with Crippen molar-refractivity contribution in [1.29, 1.82) is 0 Å². The summed E-state index contributed by atoms with van der Waals surface area (Å²) in [5.74, 6) is -1.15. The molecule has 0 aliphatic heterocycles. The molecule has 14 heavy (non-hydrogen) atoms. The first-order valence-corrected chi connectivity index (χ1v) is 3.92. The summed E-state index contributed by atoms with van der Waals surface area (Å²) in [6, 6.07) is 0.817. The molecule has 0 aliphatic rings. The minimum Gasteiger partial charge on any atom is -0.478 e. The molecule has 0 fully saturated rings. The topological polar surface area (TPSA) is 53.1 Å². The average molecular weight is 191 g/mol. The molecule has 3 nitrogen and oxygen atoms in total. The first kappa shape index (κ1) is 5.00. The summed E-state index contributed by atoms with van der Waals surface area (Å²) in [6.45, 7) is 0. The molecule has 0 bridgehead atoms. The number of aliphatic carboxylic acids is 1. The number of nitrogens with one attached hydrogen (secondary N) is 1. The highest BCUT2D eigenvalue weighted by molar-refractivity contribution is 5.93. The molecule has 0 atom stereocenters. The number of para-hydroxylation sites is 1. The third-order valence-electron chi connectivity index (χ3n) is 1.74. The van der Waals surface area contributed by atoms with Gasteiger partial charge in [-0.1, -0.05) is 18.1 Å². The Balaban J connectivity index is 2.78. The summed E-state index contributed by atoms with van der Waals surface area (Å²) in [5, 5.41) is 8.86. The number of fused-ring (bicyclic) bond motifs is 1. The Hall–Kier alpha value is -2.03. The van der Waals surface area contributed by atoms with Crippen LogP contribution in [0.3, 0.4) is 0 Å². The number of aromatic amines is 1. The molecular weight excluding hydrogens is 178 g/mol. The van der Waals surface area contributed by atoms with Crippen LogP contribution in [0.1, 0.15) is 11.0 Å². The Morgan fingerprint density at radius 2 is 2.43 bits per heavy atom. The van der Waals surface area contributed by atoms with Crippen LogP contribution in [-0.4, -0.2) is 16.1 Å². The Labute approximate surface area is 86.3 Å². The number of hydrogen-bond acceptors (Lipinski definition) is 1. The Kier molecular flexibility index (Phi) is 1.21. The highest BCUT2D eigenvalue weighted by Gasteiger charge is 1.98. The maximum atomic E-state index is 10.5. The highest BCUT2D eigenvalue weighted by Crippen LogP contribution is 2.18. The maximum Gasteiger partial charge on any atom is 0.328 e. The van der Waals surface area contributed by atoms with Gasteiger partial charge in [0, 0.05) is 23.2 Å². The number of H-pyrrole nitrogens is 1. The average Bonchev–Trinajstić information content (AvgIpc) is 2.59. The smallest absolute Gasteiger partial charge is 0.328 e. The minimum absolute atomic E-state index is 0.0407. The molecule has 0 radical (unpaired) electrons. The van der Waals surface area contributed by atoms with Gasteiger partial charge >= 0.3 is 5.97 Å². The molecule has 0 spiro atoms. The fourth-order valence-corrected chi connectivity index (χ4v) is 1.13. The van der Waals surface area contributed by atoms with Gasteiger partial charge in [0.05, 0.1) is 5.48 Å². The number of carboxylic acid groups (broad SMARTS) is 1. The number of rotatable bonds is 2. The van der Waals surface area contributed by atoms with E-state index in [0.29, 0.717) is 10.9 Å². The Bertz CT molecular complexity index is 675. The molecule has 1 aromatic heterocycles. The normalized spacial score (nSPS) is 15.1. The first-order chi connectivity index (χ1) is 8.41. The Morgan fingerprint density at radius 3 is 3.21 bits per heavy atom. The number of hydrogen-bond donors (Lipinski definition) is 2. The number of benzene rings is 1. The molecule has 70 valence electrons. The summed E-state index contributed by atoms with van der Waals surface area (Å²) in [6.07, 6.45) is 2.05. The van der Waals surface area contributed by atoms with Gasteiger partial charge in [-0.3, -0.25) is 0 Å². The predicted octanol–water partition coefficient (Wildman–Crippen LogP) is 2.27. The van der Waals surface area contributed by atoms with E-state index in [2.05, 4.69) is 4.98 Å². The van der Waals surface area contributed by atoms with Gasteiger partial charge in [-0.2, -0.15) is 0 Å². The van der Waals surface area contributed by atoms with Gasteiger partial charge in [0.15, 0.2) is 0 Å². The van der Waals surface area contributed by atoms with Crippen LogP contribution in [0.2, 0.25) is 0 Å². The number of carbonyl (C=O) groups is 1. The second kappa shape index (κ2) is 3.38. The van der Waals surface area contributed by atoms with Gasteiger partial charge in [0.1, 0.15) is 0 Å². The second-order valence-corrected chi connectivity index (χ2v) is 2.66. The molecule has 1 aromatic carbocycles. The SMILES string of the molecule is [2H]c1cc2[nH]c([2H])c(C=CC(=O)O)c2c([2H])c1[2H]. The standard InChI is InChI=1S/C11H9NO2/c13-11(14)6-5-8-7-12-10-4-2-1-3-9(8)10/h1-7,12H,(H,13,14)/i1D,2D,3D,7D. The zero-order valence-electron chi connectivity index (χ0n) is 11.1. The summed E-state index contributed by atoms with van der Waals surface area (Å²) in [5.41, 5.74) is 0.627. The summed E-state index contributed by atoms with van der Waals surface area (Å²) in [4.78, 5) is 13.1. The first-order valence-electron chi connectivity index (χ1n) is 5.92. The fourth-order valence-electron chi connectivity index (χ4n) is 1.13. The van der Waals surface area contributed by atoms with Crippen molar-refractivity contribution in [3.05, 3.63) is 42.0 Å². The zero-order chi connectivity index (χ0) is 13.4. The monoisotopic (exact) mass is 191 g/mol. The third kappa shape index (κ3) is 1.52. The van der Waals surface area contributed by atoms with Gasteiger partial charge in [-0.25, -0.2) is 4.79 Å². The lowest BCUT2D eigenvalue weighted by molar-refractivity contribution is -0.131. The van der Waals surface area contributed by atoms with Crippen LogP contribution in [0.5, 0.6) is 0 Å². The van der Waals surface area contributed by atoms with E-state index in [1.807, 2.05) is 0 Å². The van der Waals surface area contributed by atoms with Crippen molar-refractivity contribution in [2.75, 3.05) is 0 Å². The zero-order valence-corrected chi connectivity index (χ0v) is 7.09. The van der Waals surface area contributed by atoms with E-state index in [9.17, 15) is 4.79 Å². The lowest BCUT2D eigenvalue weighted by Gasteiger charge is -1.89. The molecular formula is C11H9NO2. The molecule has 2 N–H and O–H groups in total. The summed E-state index contributed by atoms with van der Waals surface area (Å²) >= 11 is 0. The molecule has 0 saturated heterocycles. The lowest BCUT2D eigenvalue weighted by atomic mass is 10.1. The van der Waals surface area contributed by atoms with Crippen molar-refractivity contribution in [2.24, 2.45) is 0 Å². The van der Waals surface area contributed by atoms with Crippen LogP contribution in [0.15, 0.2) is 36.4 Å². The summed E-state index contributed by atoms with van der Waals surface area (Å²) < 4.78 is 30.5. The van der Waals surface area contributed by atoms with E-state index in [4.69, 9.17) is 10.6 Å². The molecule has 3 heteroatoms. The number of aromatic nitrogens is 1. The van der Waals surface area contributed by atoms with Gasteiger partial charge in [-0.05, 0) is 17.7 Å². The van der Waals surface area contributed by atoms with Crippen molar-refractivity contribution in [2.45, 2.75) is 0 Å². The van der Waals surface area contributed by atoms with Crippen molar-refractivity contribution < 1.29 is 15.4 Å². The van der Waals surface area contributed by atoms with Crippen molar-refractivity contribution in [3.63, 3.8) is 0 Å². The van der Waals surface area contributed by atoms with Gasteiger partial charge in [-0.15, -0.1) is 0 Å². The molecule has 0 amide bonds. The molecule has 0 saturated carbocycles. The van der Waals surface area contributed by atoms with Crippen LogP contribution in [0.25, 0.3) is 17.0 Å². The molecule has 2 aromatic rings. The highest BCUT2D eigenvalue weighted by atomic mass is 16.4. The van der Waals surface area contributed by atoms with E-state index in [1.165, 1.54) is 12.1 Å². The van der Waals surface area contributed by atoms with Crippen LogP contribution in [0.4, 0.5) is 0 Å². The third-order valence-corrected chi connectivity index (χ3v) is 1.74. The van der Waals surface area contributed by atoms with Crippen LogP contribution in [0, 0.1) is 0 Å². The van der Waals surface area contributed by atoms with Gasteiger partial charge < -0.3 is 10.1 Å². The summed E-state index contributed by atoms with van der Waals surface area (Å²) in [7, 11) is 0. The van der Waals surface area contributed by atoms with Crippen LogP contribution < -0.4 is 0 Å². The fraction of sp³-hybridized carbons (Fsp3) is 0. The largest absolute Gasteiger partial charge is 0.478 e. The minimum atomic E-state index is -1.15. The second-order valence-electron chi connectivity index (χ2n) is 2.66. The maximum absolute atomic E-state index is 10.5. The lowest BCUT2D eigenvalue weighted by Crippen LogP contribution is -1.84. The molecule has 2 rings (SSSR count). The van der Waals surface area contributed by atoms with E-state index in [1.54, 1.807) is 0 Å². The predicted molar refractivity (Wildman–Crippen MR) is 55.0 cm³/mol. The Morgan fingerprint density at radius 1 is 1.57 bits per heavy atom. The van der Waals surface area contributed by atoms with Crippen molar-refractivity contribution in [3.8, 4) is 0 Å². The molecule has 1 heterocycles. The number of carboxylic acids is 1. The molecule has 0 aliphatic carbocycles. The van der Waals surface area contributed by atoms with E-state index >= 15 is 0 Å². The van der Waals surface area contributed by atoms with Gasteiger partial charge in [0.25, 0.3) is 0 Å². The quantitative estimate of drug-likeness (QED) is 0.715.